The molecule has 2 aromatic rings. The van der Waals surface area contributed by atoms with Crippen LogP contribution in [0.15, 0.2) is 28.9 Å². The summed E-state index contributed by atoms with van der Waals surface area (Å²) in [6, 6.07) is 3.76. The zero-order valence-corrected chi connectivity index (χ0v) is 12.5. The van der Waals surface area contributed by atoms with E-state index < -0.39 is 11.7 Å². The van der Waals surface area contributed by atoms with Crippen molar-refractivity contribution in [1.82, 2.24) is 9.78 Å². The second-order valence-electron chi connectivity index (χ2n) is 4.46. The molecule has 7 heteroatoms. The van der Waals surface area contributed by atoms with Crippen LogP contribution in [0.1, 0.15) is 16.8 Å². The first kappa shape index (κ1) is 14.9. The Morgan fingerprint density at radius 2 is 2.00 bits per heavy atom. The molecular weight excluding hydrogens is 335 g/mol. The number of nitrogens with one attached hydrogen (secondary N) is 1. The molecule has 0 aliphatic carbocycles. The van der Waals surface area contributed by atoms with Gasteiger partial charge in [0.1, 0.15) is 0 Å². The predicted octanol–water partition coefficient (Wildman–Crippen LogP) is 4.12. The lowest BCUT2D eigenvalue weighted by molar-refractivity contribution is -0.137. The Bertz CT molecular complexity index is 620. The summed E-state index contributed by atoms with van der Waals surface area (Å²) in [5, 5.41) is 7.08. The fourth-order valence-corrected chi connectivity index (χ4v) is 2.26. The molecule has 0 unspecified atom stereocenters. The molecule has 1 N–H and O–H groups in total. The molecule has 0 aliphatic heterocycles. The van der Waals surface area contributed by atoms with Crippen molar-refractivity contribution < 1.29 is 13.2 Å². The Balaban J connectivity index is 2.18. The lowest BCUT2D eigenvalue weighted by atomic mass is 10.2. The summed E-state index contributed by atoms with van der Waals surface area (Å²) in [5.41, 5.74) is 1.65. The third-order valence-electron chi connectivity index (χ3n) is 3.04. The zero-order valence-electron chi connectivity index (χ0n) is 10.9. The topological polar surface area (TPSA) is 29.9 Å². The van der Waals surface area contributed by atoms with Gasteiger partial charge in [-0.3, -0.25) is 4.68 Å². The van der Waals surface area contributed by atoms with Crippen molar-refractivity contribution >= 4 is 21.6 Å². The molecule has 20 heavy (non-hydrogen) atoms. The molecule has 0 amide bonds. The molecule has 0 fully saturated rings. The zero-order chi connectivity index (χ0) is 14.9. The molecule has 0 saturated heterocycles. The van der Waals surface area contributed by atoms with Crippen LogP contribution in [-0.2, 0) is 19.8 Å². The van der Waals surface area contributed by atoms with E-state index in [0.29, 0.717) is 16.7 Å². The summed E-state index contributed by atoms with van der Waals surface area (Å²) in [6.45, 7) is 2.33. The largest absolute Gasteiger partial charge is 0.416 e. The molecule has 0 radical (unpaired) electrons. The number of hydrogen-bond donors (Lipinski definition) is 1. The summed E-state index contributed by atoms with van der Waals surface area (Å²) in [5.74, 6) is 0. The number of aromatic nitrogens is 2. The van der Waals surface area contributed by atoms with E-state index in [-0.39, 0.29) is 0 Å². The maximum Gasteiger partial charge on any atom is 0.416 e. The minimum atomic E-state index is -4.36. The number of nitrogens with zero attached hydrogens (tertiary/aromatic N) is 2. The van der Waals surface area contributed by atoms with Crippen LogP contribution >= 0.6 is 15.9 Å². The van der Waals surface area contributed by atoms with E-state index in [0.717, 1.165) is 23.4 Å². The monoisotopic (exact) mass is 347 g/mol. The highest BCUT2D eigenvalue weighted by Crippen LogP contribution is 2.33. The Labute approximate surface area is 122 Å². The van der Waals surface area contributed by atoms with E-state index in [1.54, 1.807) is 16.9 Å². The van der Waals surface area contributed by atoms with Crippen LogP contribution in [0.3, 0.4) is 0 Å². The van der Waals surface area contributed by atoms with Gasteiger partial charge in [-0.2, -0.15) is 18.3 Å². The van der Waals surface area contributed by atoms with Crippen LogP contribution in [0.4, 0.5) is 18.9 Å². The highest BCUT2D eigenvalue weighted by atomic mass is 79.9. The van der Waals surface area contributed by atoms with E-state index in [1.807, 2.05) is 14.0 Å². The van der Waals surface area contributed by atoms with Crippen LogP contribution < -0.4 is 5.32 Å². The summed E-state index contributed by atoms with van der Waals surface area (Å²) >= 11 is 3.09. The smallest absolute Gasteiger partial charge is 0.381 e. The SMILES string of the molecule is Cc1c(CNc2cc(Br)cc(C(F)(F)F)c2)cnn1C. The highest BCUT2D eigenvalue weighted by Gasteiger charge is 2.31. The van der Waals surface area contributed by atoms with Gasteiger partial charge in [0.25, 0.3) is 0 Å². The molecular formula is C13H13BrF3N3. The number of alkyl halides is 3. The van der Waals surface area contributed by atoms with Crippen molar-refractivity contribution in [3.8, 4) is 0 Å². The van der Waals surface area contributed by atoms with Crippen LogP contribution in [0.2, 0.25) is 0 Å². The number of benzene rings is 1. The van der Waals surface area contributed by atoms with Crippen LogP contribution in [0, 0.1) is 6.92 Å². The van der Waals surface area contributed by atoms with E-state index in [4.69, 9.17) is 0 Å². The minimum absolute atomic E-state index is 0.387. The molecule has 108 valence electrons. The van der Waals surface area contributed by atoms with Crippen LogP contribution in [-0.4, -0.2) is 9.78 Å². The van der Waals surface area contributed by atoms with Crippen molar-refractivity contribution in [2.45, 2.75) is 19.6 Å². The van der Waals surface area contributed by atoms with Crippen LogP contribution in [0.25, 0.3) is 0 Å². The van der Waals surface area contributed by atoms with Crippen molar-refractivity contribution in [3.05, 3.63) is 45.7 Å². The first-order valence-corrected chi connectivity index (χ1v) is 6.66. The van der Waals surface area contributed by atoms with E-state index in [9.17, 15) is 13.2 Å². The third kappa shape index (κ3) is 3.33. The molecule has 1 aromatic carbocycles. The van der Waals surface area contributed by atoms with Gasteiger partial charge in [-0.25, -0.2) is 0 Å². The summed E-state index contributed by atoms with van der Waals surface area (Å²) in [4.78, 5) is 0. The first-order valence-electron chi connectivity index (χ1n) is 5.86. The second kappa shape index (κ2) is 5.47. The Hall–Kier alpha value is -1.50. The van der Waals surface area contributed by atoms with E-state index in [2.05, 4.69) is 26.3 Å². The molecule has 0 spiro atoms. The van der Waals surface area contributed by atoms with Gasteiger partial charge in [0.15, 0.2) is 0 Å². The Kier molecular flexibility index (Phi) is 4.08. The van der Waals surface area contributed by atoms with Gasteiger partial charge >= 0.3 is 6.18 Å². The van der Waals surface area contributed by atoms with Gasteiger partial charge in [-0.05, 0) is 25.1 Å². The predicted molar refractivity (Wildman–Crippen MR) is 74.4 cm³/mol. The summed E-state index contributed by atoms with van der Waals surface area (Å²) < 4.78 is 40.3. The number of rotatable bonds is 3. The maximum atomic E-state index is 12.7. The molecule has 3 nitrogen and oxygen atoms in total. The standard InChI is InChI=1S/C13H13BrF3N3/c1-8-9(7-19-20(8)2)6-18-12-4-10(13(15,16)17)3-11(14)5-12/h3-5,7,18H,6H2,1-2H3. The Morgan fingerprint density at radius 3 is 2.55 bits per heavy atom. The Morgan fingerprint density at radius 1 is 1.30 bits per heavy atom. The van der Waals surface area contributed by atoms with Gasteiger partial charge in [0, 0.05) is 35.0 Å². The average molecular weight is 348 g/mol. The maximum absolute atomic E-state index is 12.7. The van der Waals surface area contributed by atoms with Gasteiger partial charge in [-0.15, -0.1) is 0 Å². The number of anilines is 1. The first-order chi connectivity index (χ1) is 9.27. The minimum Gasteiger partial charge on any atom is -0.381 e. The van der Waals surface area contributed by atoms with Gasteiger partial charge in [-0.1, -0.05) is 15.9 Å². The number of halogens is 4. The van der Waals surface area contributed by atoms with Crippen LogP contribution in [0.5, 0.6) is 0 Å². The van der Waals surface area contributed by atoms with Gasteiger partial charge < -0.3 is 5.32 Å². The lowest BCUT2D eigenvalue weighted by Crippen LogP contribution is -2.07. The molecule has 0 bridgehead atoms. The summed E-state index contributed by atoms with van der Waals surface area (Å²) in [7, 11) is 1.82. The fourth-order valence-electron chi connectivity index (χ4n) is 1.77. The molecule has 0 atom stereocenters. The third-order valence-corrected chi connectivity index (χ3v) is 3.50. The van der Waals surface area contributed by atoms with E-state index in [1.165, 1.54) is 0 Å². The fraction of sp³-hybridized carbons (Fsp3) is 0.308. The quantitative estimate of drug-likeness (QED) is 0.904. The van der Waals surface area contributed by atoms with Crippen molar-refractivity contribution in [2.75, 3.05) is 5.32 Å². The number of hydrogen-bond acceptors (Lipinski definition) is 2. The highest BCUT2D eigenvalue weighted by molar-refractivity contribution is 9.10. The van der Waals surface area contributed by atoms with Crippen molar-refractivity contribution in [2.24, 2.45) is 7.05 Å². The van der Waals surface area contributed by atoms with Crippen molar-refractivity contribution in [1.29, 1.82) is 0 Å². The molecule has 1 heterocycles. The summed E-state index contributed by atoms with van der Waals surface area (Å²) in [6.07, 6.45) is -2.66. The second-order valence-corrected chi connectivity index (χ2v) is 5.37. The molecule has 2 rings (SSSR count). The average Bonchev–Trinajstić information content (AvgIpc) is 2.66. The molecule has 0 saturated carbocycles. The van der Waals surface area contributed by atoms with E-state index >= 15 is 0 Å². The normalized spacial score (nSPS) is 11.7. The van der Waals surface area contributed by atoms with Gasteiger partial charge in [0.2, 0.25) is 0 Å². The number of aryl methyl sites for hydroxylation is 1. The molecule has 0 aliphatic rings. The molecule has 1 aromatic heterocycles. The lowest BCUT2D eigenvalue weighted by Gasteiger charge is -2.11. The van der Waals surface area contributed by atoms with Crippen molar-refractivity contribution in [3.63, 3.8) is 0 Å². The van der Waals surface area contributed by atoms with Gasteiger partial charge in [0.05, 0.1) is 11.8 Å².